The summed E-state index contributed by atoms with van der Waals surface area (Å²) in [6.07, 6.45) is 6.28. The van der Waals surface area contributed by atoms with E-state index in [4.69, 9.17) is 0 Å². The molecule has 3 heteroatoms. The van der Waals surface area contributed by atoms with Crippen LogP contribution in [0.25, 0.3) is 0 Å². The minimum absolute atomic E-state index is 0.246. The maximum atomic E-state index is 4.25. The molecule has 2 atom stereocenters. The van der Waals surface area contributed by atoms with E-state index in [1.807, 2.05) is 18.5 Å². The fourth-order valence-corrected chi connectivity index (χ4v) is 3.05. The Hall–Kier alpha value is -0.930. The predicted octanol–water partition coefficient (Wildman–Crippen LogP) is 3.07. The summed E-state index contributed by atoms with van der Waals surface area (Å²) in [4.78, 5) is 6.90. The second kappa shape index (κ2) is 6.68. The van der Waals surface area contributed by atoms with Gasteiger partial charge < -0.3 is 5.32 Å². The van der Waals surface area contributed by atoms with Gasteiger partial charge in [-0.15, -0.1) is 0 Å². The molecule has 0 amide bonds. The molecule has 0 bridgehead atoms. The van der Waals surface area contributed by atoms with Crippen molar-refractivity contribution in [2.75, 3.05) is 13.1 Å². The Labute approximate surface area is 123 Å². The van der Waals surface area contributed by atoms with Crippen molar-refractivity contribution in [1.29, 1.82) is 0 Å². The molecule has 1 aromatic heterocycles. The van der Waals surface area contributed by atoms with Gasteiger partial charge in [0, 0.05) is 43.6 Å². The number of nitrogens with one attached hydrogen (secondary N) is 1. The summed E-state index contributed by atoms with van der Waals surface area (Å²) in [5.41, 5.74) is 1.57. The molecule has 2 unspecified atom stereocenters. The summed E-state index contributed by atoms with van der Waals surface area (Å²) in [6, 6.07) is 4.86. The monoisotopic (exact) mass is 275 g/mol. The van der Waals surface area contributed by atoms with Gasteiger partial charge in [-0.05, 0) is 37.3 Å². The lowest BCUT2D eigenvalue weighted by Crippen LogP contribution is -2.62. The highest BCUT2D eigenvalue weighted by molar-refractivity contribution is 5.09. The summed E-state index contributed by atoms with van der Waals surface area (Å²) in [6.45, 7) is 12.5. The maximum Gasteiger partial charge on any atom is 0.0312 e. The minimum Gasteiger partial charge on any atom is -0.309 e. The summed E-state index contributed by atoms with van der Waals surface area (Å²) < 4.78 is 0. The fourth-order valence-electron chi connectivity index (χ4n) is 3.05. The molecule has 0 aliphatic carbocycles. The van der Waals surface area contributed by atoms with Gasteiger partial charge in [0.1, 0.15) is 0 Å². The Morgan fingerprint density at radius 1 is 1.50 bits per heavy atom. The van der Waals surface area contributed by atoms with Gasteiger partial charge in [0.25, 0.3) is 0 Å². The minimum atomic E-state index is 0.246. The third-order valence-corrected chi connectivity index (χ3v) is 4.47. The predicted molar refractivity (Wildman–Crippen MR) is 84.6 cm³/mol. The van der Waals surface area contributed by atoms with Crippen molar-refractivity contribution >= 4 is 0 Å². The summed E-state index contributed by atoms with van der Waals surface area (Å²) in [5.74, 6) is 0.740. The van der Waals surface area contributed by atoms with Gasteiger partial charge in [-0.25, -0.2) is 0 Å². The highest BCUT2D eigenvalue weighted by Crippen LogP contribution is 2.24. The van der Waals surface area contributed by atoms with Gasteiger partial charge in [-0.3, -0.25) is 9.88 Å². The van der Waals surface area contributed by atoms with Crippen LogP contribution in [0.15, 0.2) is 24.5 Å². The first kappa shape index (κ1) is 15.5. The fraction of sp³-hybridized carbons (Fsp3) is 0.706. The van der Waals surface area contributed by atoms with E-state index >= 15 is 0 Å². The van der Waals surface area contributed by atoms with Crippen molar-refractivity contribution in [1.82, 2.24) is 15.2 Å². The maximum absolute atomic E-state index is 4.25. The Kier molecular flexibility index (Phi) is 5.17. The molecular formula is C17H29N3. The zero-order valence-corrected chi connectivity index (χ0v) is 13.4. The van der Waals surface area contributed by atoms with E-state index in [0.29, 0.717) is 6.04 Å². The van der Waals surface area contributed by atoms with Crippen molar-refractivity contribution in [3.8, 4) is 0 Å². The number of aromatic nitrogens is 1. The average molecular weight is 275 g/mol. The van der Waals surface area contributed by atoms with E-state index in [1.54, 1.807) is 0 Å². The zero-order chi connectivity index (χ0) is 14.6. The Morgan fingerprint density at radius 2 is 2.30 bits per heavy atom. The Morgan fingerprint density at radius 3 is 2.90 bits per heavy atom. The van der Waals surface area contributed by atoms with Crippen molar-refractivity contribution < 1.29 is 0 Å². The number of nitrogens with zero attached hydrogens (tertiary/aromatic N) is 2. The van der Waals surface area contributed by atoms with Gasteiger partial charge in [0.05, 0.1) is 0 Å². The highest BCUT2D eigenvalue weighted by Gasteiger charge is 2.34. The summed E-state index contributed by atoms with van der Waals surface area (Å²) in [7, 11) is 0. The number of rotatable bonds is 5. The van der Waals surface area contributed by atoms with Crippen molar-refractivity contribution in [3.63, 3.8) is 0 Å². The highest BCUT2D eigenvalue weighted by atomic mass is 15.2. The van der Waals surface area contributed by atoms with E-state index < -0.39 is 0 Å². The van der Waals surface area contributed by atoms with Gasteiger partial charge in [-0.2, -0.15) is 0 Å². The molecule has 0 aromatic carbocycles. The molecule has 3 nitrogen and oxygen atoms in total. The van der Waals surface area contributed by atoms with E-state index in [0.717, 1.165) is 25.6 Å². The summed E-state index contributed by atoms with van der Waals surface area (Å²) >= 11 is 0. The van der Waals surface area contributed by atoms with E-state index in [1.165, 1.54) is 18.4 Å². The van der Waals surface area contributed by atoms with Crippen LogP contribution in [0.3, 0.4) is 0 Å². The molecule has 2 heterocycles. The number of piperazine rings is 1. The molecule has 1 N–H and O–H groups in total. The first-order chi connectivity index (χ1) is 9.52. The molecule has 1 aliphatic heterocycles. The normalized spacial score (nSPS) is 27.9. The third-order valence-electron chi connectivity index (χ3n) is 4.47. The van der Waals surface area contributed by atoms with Gasteiger partial charge in [-0.1, -0.05) is 26.8 Å². The molecule has 0 radical (unpaired) electrons. The molecule has 2 rings (SSSR count). The van der Waals surface area contributed by atoms with E-state index in [2.05, 4.69) is 49.0 Å². The van der Waals surface area contributed by atoms with Crippen LogP contribution in [0.1, 0.15) is 46.1 Å². The molecular weight excluding hydrogens is 246 g/mol. The lowest BCUT2D eigenvalue weighted by Gasteiger charge is -2.46. The van der Waals surface area contributed by atoms with Crippen LogP contribution in [0, 0.1) is 5.92 Å². The third kappa shape index (κ3) is 4.03. The van der Waals surface area contributed by atoms with Crippen molar-refractivity contribution in [2.24, 2.45) is 5.92 Å². The van der Waals surface area contributed by atoms with Crippen LogP contribution in [0.2, 0.25) is 0 Å². The van der Waals surface area contributed by atoms with Crippen LogP contribution < -0.4 is 5.32 Å². The number of hydrogen-bond donors (Lipinski definition) is 1. The standard InChI is InChI=1S/C17H29N3/c1-5-17(4)13-20(12-15-7-6-8-18-10-15)16(11-19-17)9-14(2)3/h6-8,10,14,16,19H,5,9,11-13H2,1-4H3. The zero-order valence-electron chi connectivity index (χ0n) is 13.4. The second-order valence-corrected chi connectivity index (χ2v) is 6.84. The smallest absolute Gasteiger partial charge is 0.0312 e. The first-order valence-corrected chi connectivity index (χ1v) is 7.90. The van der Waals surface area contributed by atoms with Crippen molar-refractivity contribution in [3.05, 3.63) is 30.1 Å². The van der Waals surface area contributed by atoms with Crippen LogP contribution in [0.5, 0.6) is 0 Å². The van der Waals surface area contributed by atoms with Crippen LogP contribution >= 0.6 is 0 Å². The Balaban J connectivity index is 2.09. The average Bonchev–Trinajstić information content (AvgIpc) is 2.43. The van der Waals surface area contributed by atoms with Gasteiger partial charge >= 0.3 is 0 Å². The van der Waals surface area contributed by atoms with E-state index in [9.17, 15) is 0 Å². The molecule has 0 saturated carbocycles. The molecule has 1 aromatic rings. The van der Waals surface area contributed by atoms with Crippen LogP contribution in [-0.4, -0.2) is 34.6 Å². The molecule has 0 spiro atoms. The van der Waals surface area contributed by atoms with Crippen LogP contribution in [-0.2, 0) is 6.54 Å². The number of pyridine rings is 1. The molecule has 1 aliphatic rings. The molecule has 1 fully saturated rings. The number of hydrogen-bond acceptors (Lipinski definition) is 3. The lowest BCUT2D eigenvalue weighted by molar-refractivity contribution is 0.0663. The van der Waals surface area contributed by atoms with E-state index in [-0.39, 0.29) is 5.54 Å². The van der Waals surface area contributed by atoms with Crippen LogP contribution in [0.4, 0.5) is 0 Å². The molecule has 20 heavy (non-hydrogen) atoms. The van der Waals surface area contributed by atoms with Crippen molar-refractivity contribution in [2.45, 2.75) is 58.7 Å². The first-order valence-electron chi connectivity index (χ1n) is 7.90. The largest absolute Gasteiger partial charge is 0.309 e. The van der Waals surface area contributed by atoms with Gasteiger partial charge in [0.15, 0.2) is 0 Å². The lowest BCUT2D eigenvalue weighted by atomic mass is 9.90. The quantitative estimate of drug-likeness (QED) is 0.895. The second-order valence-electron chi connectivity index (χ2n) is 6.84. The topological polar surface area (TPSA) is 28.2 Å². The Bertz CT molecular complexity index is 404. The molecule has 112 valence electrons. The van der Waals surface area contributed by atoms with Gasteiger partial charge in [0.2, 0.25) is 0 Å². The SMILES string of the molecule is CCC1(C)CN(Cc2cccnc2)C(CC(C)C)CN1. The summed E-state index contributed by atoms with van der Waals surface area (Å²) in [5, 5.41) is 3.76. The molecule has 1 saturated heterocycles.